The van der Waals surface area contributed by atoms with Gasteiger partial charge in [0.25, 0.3) is 0 Å². The van der Waals surface area contributed by atoms with Crippen molar-refractivity contribution >= 4 is 54.7 Å². The molecule has 0 saturated carbocycles. The number of benzene rings is 8. The van der Waals surface area contributed by atoms with Crippen LogP contribution >= 0.6 is 0 Å². The summed E-state index contributed by atoms with van der Waals surface area (Å²) in [4.78, 5) is 5.38. The van der Waals surface area contributed by atoms with E-state index in [9.17, 15) is 0 Å². The summed E-state index contributed by atoms with van der Waals surface area (Å²) >= 11 is 0. The van der Waals surface area contributed by atoms with Gasteiger partial charge in [-0.1, -0.05) is 133 Å². The number of nitrogens with zero attached hydrogens (tertiary/aromatic N) is 3. The fourth-order valence-electron chi connectivity index (χ4n) is 8.19. The van der Waals surface area contributed by atoms with E-state index in [0.717, 1.165) is 72.4 Å². The average Bonchev–Trinajstić information content (AvgIpc) is 3.91. The van der Waals surface area contributed by atoms with Crippen molar-refractivity contribution in [3.63, 3.8) is 0 Å². The van der Waals surface area contributed by atoms with E-state index in [1.54, 1.807) is 0 Å². The van der Waals surface area contributed by atoms with Gasteiger partial charge in [-0.15, -0.1) is 0 Å². The summed E-state index contributed by atoms with van der Waals surface area (Å²) in [6.07, 6.45) is 0. The Morgan fingerprint density at radius 2 is 0.868 bits per heavy atom. The maximum atomic E-state index is 6.95. The van der Waals surface area contributed by atoms with Crippen molar-refractivity contribution in [1.29, 1.82) is 0 Å². The lowest BCUT2D eigenvalue weighted by Gasteiger charge is -2.15. The van der Waals surface area contributed by atoms with Crippen LogP contribution in [0.4, 0.5) is 0 Å². The Balaban J connectivity index is 1.23. The minimum absolute atomic E-state index is 0.571. The van der Waals surface area contributed by atoms with Crippen LogP contribution in [0.3, 0.4) is 0 Å². The number of fused-ring (bicyclic) bond motifs is 7. The van der Waals surface area contributed by atoms with Crippen molar-refractivity contribution in [2.45, 2.75) is 0 Å². The van der Waals surface area contributed by atoms with Crippen LogP contribution in [-0.2, 0) is 0 Å². The standard InChI is InChI=1S/C49H31N3O/c1-3-15-32(16-4-1)34-29-40(33-17-5-2-6-18-33)48-47(30-34)53-49(50-48)41-31-35(51-42-23-11-7-19-36(42)37-20-8-12-24-43(37)51)27-28-46(41)52-44-25-13-9-21-38(44)39-22-10-14-26-45(39)52/h1-31H. The molecule has 0 bridgehead atoms. The zero-order chi connectivity index (χ0) is 34.9. The number of hydrogen-bond donors (Lipinski definition) is 0. The van der Waals surface area contributed by atoms with Gasteiger partial charge in [-0.05, 0) is 71.3 Å². The quantitative estimate of drug-likeness (QED) is 0.182. The average molecular weight is 678 g/mol. The predicted molar refractivity (Wildman–Crippen MR) is 219 cm³/mol. The number of oxazole rings is 1. The topological polar surface area (TPSA) is 35.9 Å². The van der Waals surface area contributed by atoms with Crippen LogP contribution in [0.25, 0.3) is 99.8 Å². The molecule has 0 saturated heterocycles. The SMILES string of the molecule is c1ccc(-c2cc(-c3ccccc3)c3nc(-c4cc(-n5c6ccccc6c6ccccc65)ccc4-n4c5ccccc5c5ccccc54)oc3c2)cc1. The van der Waals surface area contributed by atoms with Gasteiger partial charge in [-0.2, -0.15) is 0 Å². The number of hydrogen-bond acceptors (Lipinski definition) is 2. The Kier molecular flexibility index (Phi) is 6.52. The minimum Gasteiger partial charge on any atom is -0.436 e. The smallest absolute Gasteiger partial charge is 0.229 e. The van der Waals surface area contributed by atoms with E-state index in [2.05, 4.69) is 185 Å². The van der Waals surface area contributed by atoms with E-state index in [0.29, 0.717) is 5.89 Å². The molecule has 248 valence electrons. The molecule has 4 heteroatoms. The molecular formula is C49H31N3O. The Labute approximate surface area is 305 Å². The molecule has 0 spiro atoms. The van der Waals surface area contributed by atoms with Crippen molar-refractivity contribution in [2.75, 3.05) is 0 Å². The summed E-state index contributed by atoms with van der Waals surface area (Å²) in [5.74, 6) is 0.571. The van der Waals surface area contributed by atoms with Crippen LogP contribution in [0, 0.1) is 0 Å². The number of aromatic nitrogens is 3. The van der Waals surface area contributed by atoms with Crippen molar-refractivity contribution < 1.29 is 4.42 Å². The highest BCUT2D eigenvalue weighted by molar-refractivity contribution is 6.11. The second-order valence-electron chi connectivity index (χ2n) is 13.6. The lowest BCUT2D eigenvalue weighted by atomic mass is 9.98. The Hall–Kier alpha value is -7.17. The summed E-state index contributed by atoms with van der Waals surface area (Å²) in [5.41, 5.74) is 13.4. The maximum Gasteiger partial charge on any atom is 0.229 e. The Morgan fingerprint density at radius 1 is 0.377 bits per heavy atom. The molecule has 0 amide bonds. The van der Waals surface area contributed by atoms with E-state index in [4.69, 9.17) is 9.40 Å². The minimum atomic E-state index is 0.571. The molecule has 8 aromatic carbocycles. The molecule has 0 N–H and O–H groups in total. The summed E-state index contributed by atoms with van der Waals surface area (Å²) < 4.78 is 11.7. The van der Waals surface area contributed by atoms with Crippen LogP contribution < -0.4 is 0 Å². The van der Waals surface area contributed by atoms with Crippen LogP contribution in [0.2, 0.25) is 0 Å². The Morgan fingerprint density at radius 3 is 1.43 bits per heavy atom. The van der Waals surface area contributed by atoms with E-state index in [-0.39, 0.29) is 0 Å². The highest BCUT2D eigenvalue weighted by Crippen LogP contribution is 2.41. The second-order valence-corrected chi connectivity index (χ2v) is 13.6. The highest BCUT2D eigenvalue weighted by atomic mass is 16.3. The van der Waals surface area contributed by atoms with Crippen LogP contribution in [0.1, 0.15) is 0 Å². The van der Waals surface area contributed by atoms with Gasteiger partial charge in [0.15, 0.2) is 5.58 Å². The molecule has 4 nitrogen and oxygen atoms in total. The van der Waals surface area contributed by atoms with Crippen molar-refractivity contribution in [2.24, 2.45) is 0 Å². The fraction of sp³-hybridized carbons (Fsp3) is 0. The molecule has 0 unspecified atom stereocenters. The van der Waals surface area contributed by atoms with Crippen LogP contribution in [0.5, 0.6) is 0 Å². The summed E-state index contributed by atoms with van der Waals surface area (Å²) in [6, 6.07) is 66.6. The Bertz CT molecular complexity index is 3060. The fourth-order valence-corrected chi connectivity index (χ4v) is 8.19. The van der Waals surface area contributed by atoms with Gasteiger partial charge in [-0.3, -0.25) is 0 Å². The van der Waals surface area contributed by atoms with Gasteiger partial charge in [0.05, 0.1) is 33.3 Å². The lowest BCUT2D eigenvalue weighted by Crippen LogP contribution is -2.01. The van der Waals surface area contributed by atoms with E-state index in [1.165, 1.54) is 21.5 Å². The highest BCUT2D eigenvalue weighted by Gasteiger charge is 2.22. The molecule has 11 rings (SSSR count). The molecule has 0 atom stereocenters. The van der Waals surface area contributed by atoms with Crippen molar-refractivity contribution in [3.05, 3.63) is 188 Å². The van der Waals surface area contributed by atoms with Gasteiger partial charge in [-0.25, -0.2) is 4.98 Å². The van der Waals surface area contributed by atoms with Gasteiger partial charge in [0, 0.05) is 32.8 Å². The number of rotatable bonds is 5. The predicted octanol–water partition coefficient (Wildman–Crippen LogP) is 13.0. The lowest BCUT2D eigenvalue weighted by molar-refractivity contribution is 0.619. The molecule has 3 aromatic heterocycles. The van der Waals surface area contributed by atoms with Gasteiger partial charge >= 0.3 is 0 Å². The molecule has 0 aliphatic rings. The first kappa shape index (κ1) is 29.5. The van der Waals surface area contributed by atoms with Gasteiger partial charge in [0.1, 0.15) is 5.52 Å². The first-order valence-corrected chi connectivity index (χ1v) is 18.0. The second kappa shape index (κ2) is 11.7. The third kappa shape index (κ3) is 4.59. The zero-order valence-electron chi connectivity index (χ0n) is 28.6. The first-order chi connectivity index (χ1) is 26.3. The maximum absolute atomic E-state index is 6.95. The molecule has 0 radical (unpaired) electrons. The molecule has 53 heavy (non-hydrogen) atoms. The molecule has 0 fully saturated rings. The molecule has 11 aromatic rings. The van der Waals surface area contributed by atoms with Crippen molar-refractivity contribution in [3.8, 4) is 45.1 Å². The van der Waals surface area contributed by atoms with Gasteiger partial charge < -0.3 is 13.6 Å². The third-order valence-electron chi connectivity index (χ3n) is 10.6. The van der Waals surface area contributed by atoms with Gasteiger partial charge in [0.2, 0.25) is 5.89 Å². The summed E-state index contributed by atoms with van der Waals surface area (Å²) in [6.45, 7) is 0. The monoisotopic (exact) mass is 677 g/mol. The molecule has 0 aliphatic carbocycles. The summed E-state index contributed by atoms with van der Waals surface area (Å²) in [7, 11) is 0. The first-order valence-electron chi connectivity index (χ1n) is 18.0. The third-order valence-corrected chi connectivity index (χ3v) is 10.6. The largest absolute Gasteiger partial charge is 0.436 e. The van der Waals surface area contributed by atoms with Crippen LogP contribution in [0.15, 0.2) is 192 Å². The van der Waals surface area contributed by atoms with Crippen LogP contribution in [-0.4, -0.2) is 14.1 Å². The molecule has 3 heterocycles. The van der Waals surface area contributed by atoms with E-state index < -0.39 is 0 Å². The normalized spacial score (nSPS) is 11.8. The molecular weight excluding hydrogens is 647 g/mol. The van der Waals surface area contributed by atoms with E-state index >= 15 is 0 Å². The zero-order valence-corrected chi connectivity index (χ0v) is 28.6. The molecule has 0 aliphatic heterocycles. The number of para-hydroxylation sites is 4. The van der Waals surface area contributed by atoms with E-state index in [1.807, 2.05) is 12.1 Å². The summed E-state index contributed by atoms with van der Waals surface area (Å²) in [5, 5.41) is 4.85. The van der Waals surface area contributed by atoms with Crippen molar-refractivity contribution in [1.82, 2.24) is 14.1 Å².